The fourth-order valence-electron chi connectivity index (χ4n) is 1.13. The predicted octanol–water partition coefficient (Wildman–Crippen LogP) is 2.25. The molecule has 0 N–H and O–H groups in total. The van der Waals surface area contributed by atoms with Gasteiger partial charge in [0.15, 0.2) is 11.5 Å². The number of para-hydroxylation sites is 2. The molecular formula is C12H10O6S. The van der Waals surface area contributed by atoms with E-state index in [1.54, 1.807) is 36.4 Å². The van der Waals surface area contributed by atoms with Gasteiger partial charge in [0.1, 0.15) is 0 Å². The second-order valence-electron chi connectivity index (χ2n) is 3.34. The maximum absolute atomic E-state index is 11.3. The highest BCUT2D eigenvalue weighted by molar-refractivity contribution is 7.81. The van der Waals surface area contributed by atoms with Crippen LogP contribution >= 0.6 is 0 Å². The van der Waals surface area contributed by atoms with Gasteiger partial charge in [-0.3, -0.25) is 0 Å². The number of rotatable bonds is 6. The van der Waals surface area contributed by atoms with Crippen molar-refractivity contribution in [1.29, 1.82) is 0 Å². The van der Waals surface area contributed by atoms with Gasteiger partial charge in [0.25, 0.3) is 0 Å². The summed E-state index contributed by atoms with van der Waals surface area (Å²) in [4.78, 5) is 9.13. The number of benzene rings is 2. The van der Waals surface area contributed by atoms with Crippen LogP contribution in [0.5, 0.6) is 11.5 Å². The maximum Gasteiger partial charge on any atom is 0.470 e. The van der Waals surface area contributed by atoms with Crippen LogP contribution in [0, 0.1) is 0 Å². The minimum absolute atomic E-state index is 0.217. The zero-order valence-electron chi connectivity index (χ0n) is 9.63. The van der Waals surface area contributed by atoms with E-state index in [4.69, 9.17) is 0 Å². The summed E-state index contributed by atoms with van der Waals surface area (Å²) in [6.45, 7) is 0. The average Bonchev–Trinajstić information content (AvgIpc) is 2.46. The smallest absolute Gasteiger partial charge is 0.319 e. The van der Waals surface area contributed by atoms with Crippen molar-refractivity contribution in [1.82, 2.24) is 0 Å². The van der Waals surface area contributed by atoms with Crippen molar-refractivity contribution in [2.45, 2.75) is 0 Å². The fraction of sp³-hybridized carbons (Fsp3) is 0. The SMILES string of the molecule is O=S(=O)(OOc1ccccc1)OOc1ccccc1. The van der Waals surface area contributed by atoms with Gasteiger partial charge >= 0.3 is 10.4 Å². The van der Waals surface area contributed by atoms with Crippen molar-refractivity contribution in [2.75, 3.05) is 0 Å². The van der Waals surface area contributed by atoms with E-state index in [1.807, 2.05) is 0 Å². The van der Waals surface area contributed by atoms with E-state index in [0.717, 1.165) is 0 Å². The molecule has 2 rings (SSSR count). The van der Waals surface area contributed by atoms with Crippen LogP contribution in [-0.4, -0.2) is 8.42 Å². The van der Waals surface area contributed by atoms with Crippen molar-refractivity contribution in [3.63, 3.8) is 0 Å². The van der Waals surface area contributed by atoms with Crippen LogP contribution < -0.4 is 9.78 Å². The van der Waals surface area contributed by atoms with E-state index >= 15 is 0 Å². The summed E-state index contributed by atoms with van der Waals surface area (Å²) < 4.78 is 30.9. The fourth-order valence-corrected chi connectivity index (χ4v) is 1.47. The molecule has 100 valence electrons. The van der Waals surface area contributed by atoms with Crippen molar-refractivity contribution in [2.24, 2.45) is 0 Å². The van der Waals surface area contributed by atoms with E-state index in [9.17, 15) is 8.42 Å². The summed E-state index contributed by atoms with van der Waals surface area (Å²) in [6.07, 6.45) is 0. The Hall–Kier alpha value is -2.09. The molecular weight excluding hydrogens is 272 g/mol. The molecule has 7 heteroatoms. The zero-order chi connectivity index (χ0) is 13.6. The Morgan fingerprint density at radius 2 is 1.00 bits per heavy atom. The van der Waals surface area contributed by atoms with Crippen LogP contribution in [0.1, 0.15) is 0 Å². The second-order valence-corrected chi connectivity index (χ2v) is 4.43. The zero-order valence-corrected chi connectivity index (χ0v) is 10.4. The molecule has 0 saturated carbocycles. The standard InChI is InChI=1S/C12H10O6S/c13-19(14,17-15-11-7-3-1-4-8-11)18-16-12-9-5-2-6-10-12/h1-10H. The molecule has 2 aromatic rings. The molecule has 6 nitrogen and oxygen atoms in total. The summed E-state index contributed by atoms with van der Waals surface area (Å²) in [7, 11) is -4.42. The highest BCUT2D eigenvalue weighted by Crippen LogP contribution is 2.13. The van der Waals surface area contributed by atoms with Crippen LogP contribution in [0.15, 0.2) is 60.7 Å². The van der Waals surface area contributed by atoms with Crippen LogP contribution in [0.3, 0.4) is 0 Å². The Balaban J connectivity index is 1.86. The van der Waals surface area contributed by atoms with Crippen molar-refractivity contribution >= 4 is 10.4 Å². The third-order valence-electron chi connectivity index (χ3n) is 1.91. The lowest BCUT2D eigenvalue weighted by Gasteiger charge is -2.05. The minimum atomic E-state index is -4.42. The molecule has 2 aromatic carbocycles. The molecule has 0 heterocycles. The van der Waals surface area contributed by atoms with Gasteiger partial charge in [-0.15, -0.1) is 0 Å². The molecule has 0 aliphatic rings. The summed E-state index contributed by atoms with van der Waals surface area (Å²) in [5, 5.41) is 0. The van der Waals surface area contributed by atoms with E-state index in [1.165, 1.54) is 24.3 Å². The highest BCUT2D eigenvalue weighted by Gasteiger charge is 2.17. The average molecular weight is 282 g/mol. The Bertz CT molecular complexity index is 547. The summed E-state index contributed by atoms with van der Waals surface area (Å²) in [5.74, 6) is 0.434. The molecule has 0 saturated heterocycles. The van der Waals surface area contributed by atoms with Gasteiger partial charge in [0.2, 0.25) is 0 Å². The first kappa shape index (κ1) is 13.3. The van der Waals surface area contributed by atoms with Crippen molar-refractivity contribution < 1.29 is 26.9 Å². The Labute approximate surface area is 110 Å². The summed E-state index contributed by atoms with van der Waals surface area (Å²) >= 11 is 0. The van der Waals surface area contributed by atoms with E-state index in [-0.39, 0.29) is 11.5 Å². The van der Waals surface area contributed by atoms with Crippen LogP contribution in [0.2, 0.25) is 0 Å². The normalized spacial score (nSPS) is 10.9. The Morgan fingerprint density at radius 3 is 1.37 bits per heavy atom. The van der Waals surface area contributed by atoms with Gasteiger partial charge in [-0.1, -0.05) is 36.4 Å². The molecule has 0 aliphatic heterocycles. The largest absolute Gasteiger partial charge is 0.470 e. The molecule has 0 aliphatic carbocycles. The van der Waals surface area contributed by atoms with Crippen LogP contribution in [-0.2, 0) is 19.1 Å². The molecule has 0 bridgehead atoms. The van der Waals surface area contributed by atoms with E-state index < -0.39 is 10.4 Å². The van der Waals surface area contributed by atoms with Gasteiger partial charge in [-0.2, -0.15) is 8.42 Å². The molecule has 0 radical (unpaired) electrons. The van der Waals surface area contributed by atoms with Crippen molar-refractivity contribution in [3.8, 4) is 11.5 Å². The predicted molar refractivity (Wildman–Crippen MR) is 65.2 cm³/mol. The second kappa shape index (κ2) is 6.19. The first-order valence-electron chi connectivity index (χ1n) is 5.23. The maximum atomic E-state index is 11.3. The molecule has 0 spiro atoms. The third kappa shape index (κ3) is 4.59. The van der Waals surface area contributed by atoms with Gasteiger partial charge in [-0.05, 0) is 32.9 Å². The number of hydrogen-bond donors (Lipinski definition) is 0. The first-order chi connectivity index (χ1) is 9.16. The summed E-state index contributed by atoms with van der Waals surface area (Å²) in [6, 6.07) is 16.2. The first-order valence-corrected chi connectivity index (χ1v) is 6.56. The molecule has 0 atom stereocenters. The quantitative estimate of drug-likeness (QED) is 0.598. The molecule has 0 aromatic heterocycles. The third-order valence-corrected chi connectivity index (χ3v) is 2.38. The van der Waals surface area contributed by atoms with Gasteiger partial charge in [-0.25, -0.2) is 0 Å². The van der Waals surface area contributed by atoms with Crippen LogP contribution in [0.25, 0.3) is 0 Å². The topological polar surface area (TPSA) is 71.1 Å². The molecule has 0 amide bonds. The molecule has 0 fully saturated rings. The van der Waals surface area contributed by atoms with Crippen LogP contribution in [0.4, 0.5) is 0 Å². The van der Waals surface area contributed by atoms with E-state index in [2.05, 4.69) is 18.4 Å². The van der Waals surface area contributed by atoms with Gasteiger partial charge in [0, 0.05) is 0 Å². The monoisotopic (exact) mass is 282 g/mol. The molecule has 0 unspecified atom stereocenters. The van der Waals surface area contributed by atoms with E-state index in [0.29, 0.717) is 0 Å². The van der Waals surface area contributed by atoms with Gasteiger partial charge < -0.3 is 9.78 Å². The number of hydrogen-bond acceptors (Lipinski definition) is 6. The Kier molecular flexibility index (Phi) is 4.35. The molecule has 19 heavy (non-hydrogen) atoms. The summed E-state index contributed by atoms with van der Waals surface area (Å²) in [5.41, 5.74) is 0. The minimum Gasteiger partial charge on any atom is -0.319 e. The van der Waals surface area contributed by atoms with Crippen molar-refractivity contribution in [3.05, 3.63) is 60.7 Å². The Morgan fingerprint density at radius 1 is 0.632 bits per heavy atom. The highest BCUT2D eigenvalue weighted by atomic mass is 32.3. The lowest BCUT2D eigenvalue weighted by molar-refractivity contribution is -0.161. The lowest BCUT2D eigenvalue weighted by Crippen LogP contribution is -2.14. The lowest BCUT2D eigenvalue weighted by atomic mass is 10.3. The van der Waals surface area contributed by atoms with Gasteiger partial charge in [0.05, 0.1) is 0 Å².